The second-order valence-corrected chi connectivity index (χ2v) is 10.8. The van der Waals surface area contributed by atoms with Crippen LogP contribution in [0.5, 0.6) is 0 Å². The molecule has 4 N–H and O–H groups in total. The highest BCUT2D eigenvalue weighted by Gasteiger charge is 2.59. The molecule has 11 nitrogen and oxygen atoms in total. The van der Waals surface area contributed by atoms with E-state index < -0.39 is 37.2 Å². The molecule has 4 aromatic rings. The van der Waals surface area contributed by atoms with Crippen molar-refractivity contribution in [2.45, 2.75) is 54.6 Å². The number of β-amino-alcohol motifs (C(OH)–C–C–N with tert-alkyl or cyclic N) is 1. The summed E-state index contributed by atoms with van der Waals surface area (Å²) in [4.78, 5) is 18.1. The maximum Gasteiger partial charge on any atom is 0.423 e. The number of ether oxygens (including phenoxy) is 1. The van der Waals surface area contributed by atoms with Crippen LogP contribution >= 0.6 is 11.8 Å². The van der Waals surface area contributed by atoms with Crippen LogP contribution in [0.4, 0.5) is 49.4 Å². The topological polar surface area (TPSA) is 133 Å². The first-order chi connectivity index (χ1) is 20.2. The molecule has 2 atom stereocenters. The number of carbonyl (C=O) groups is 1. The first kappa shape index (κ1) is 30.4. The second-order valence-electron chi connectivity index (χ2n) is 9.72. The molecule has 0 aliphatic carbocycles. The largest absolute Gasteiger partial charge is 0.423 e. The fourth-order valence-electron chi connectivity index (χ4n) is 4.49. The summed E-state index contributed by atoms with van der Waals surface area (Å²) in [5.74, 6) is 0.411. The first-order valence-corrected chi connectivity index (χ1v) is 13.4. The summed E-state index contributed by atoms with van der Waals surface area (Å²) in [6.07, 6.45) is -17.3. The van der Waals surface area contributed by atoms with Gasteiger partial charge in [0.05, 0.1) is 11.8 Å². The summed E-state index contributed by atoms with van der Waals surface area (Å²) < 4.78 is 84.5. The van der Waals surface area contributed by atoms with Crippen molar-refractivity contribution in [1.29, 1.82) is 0 Å². The lowest BCUT2D eigenvalue weighted by Crippen LogP contribution is -2.48. The van der Waals surface area contributed by atoms with Gasteiger partial charge in [0.2, 0.25) is 17.2 Å². The number of nitrogens with zero attached hydrogens (tertiary/aromatic N) is 5. The Bertz CT molecular complexity index is 1590. The lowest BCUT2D eigenvalue weighted by atomic mass is 10.2. The Balaban J connectivity index is 1.45. The third kappa shape index (κ3) is 6.97. The molecule has 3 aromatic heterocycles. The van der Waals surface area contributed by atoms with Gasteiger partial charge < -0.3 is 25.4 Å². The average Bonchev–Trinajstić information content (AvgIpc) is 3.60. The van der Waals surface area contributed by atoms with Crippen LogP contribution in [-0.4, -0.2) is 79.6 Å². The molecule has 2 unspecified atom stereocenters. The number of aromatic amines is 1. The lowest BCUT2D eigenvalue weighted by Gasteiger charge is -2.27. The van der Waals surface area contributed by atoms with E-state index in [2.05, 4.69) is 35.7 Å². The highest BCUT2D eigenvalue weighted by atomic mass is 32.2. The normalized spacial score (nSPS) is 17.7. The predicted molar refractivity (Wildman–Crippen MR) is 143 cm³/mol. The molecule has 4 heterocycles. The smallest absolute Gasteiger partial charge is 0.388 e. The zero-order valence-corrected chi connectivity index (χ0v) is 23.2. The van der Waals surface area contributed by atoms with Crippen molar-refractivity contribution < 1.29 is 41.0 Å². The third-order valence-corrected chi connectivity index (χ3v) is 7.15. The monoisotopic (exact) mass is 630 g/mol. The minimum Gasteiger partial charge on any atom is -0.388 e. The summed E-state index contributed by atoms with van der Waals surface area (Å²) in [5.41, 5.74) is 2.02. The van der Waals surface area contributed by atoms with E-state index in [4.69, 9.17) is 0 Å². The van der Waals surface area contributed by atoms with E-state index in [1.54, 1.807) is 49.5 Å². The van der Waals surface area contributed by atoms with Crippen LogP contribution in [0.2, 0.25) is 0 Å². The molecule has 1 aliphatic rings. The molecule has 0 radical (unpaired) electrons. The highest BCUT2D eigenvalue weighted by Crippen LogP contribution is 2.39. The van der Waals surface area contributed by atoms with Gasteiger partial charge in [-0.3, -0.25) is 9.89 Å². The van der Waals surface area contributed by atoms with Gasteiger partial charge >= 0.3 is 12.4 Å². The minimum atomic E-state index is -5.71. The van der Waals surface area contributed by atoms with Gasteiger partial charge in [-0.15, -0.1) is 5.10 Å². The number of H-pyrrole nitrogens is 1. The van der Waals surface area contributed by atoms with Crippen LogP contribution < -0.4 is 15.5 Å². The summed E-state index contributed by atoms with van der Waals surface area (Å²) >= 11 is 1.20. The van der Waals surface area contributed by atoms with E-state index in [1.807, 2.05) is 0 Å². The van der Waals surface area contributed by atoms with Gasteiger partial charge in [0.15, 0.2) is 11.6 Å². The van der Waals surface area contributed by atoms with E-state index in [9.17, 15) is 36.2 Å². The van der Waals surface area contributed by atoms with Crippen LogP contribution in [0.15, 0.2) is 52.6 Å². The van der Waals surface area contributed by atoms with Crippen molar-refractivity contribution in [3.63, 3.8) is 0 Å². The second kappa shape index (κ2) is 11.6. The molecule has 0 saturated carbocycles. The van der Waals surface area contributed by atoms with E-state index in [0.29, 0.717) is 22.7 Å². The van der Waals surface area contributed by atoms with Crippen LogP contribution in [0.25, 0.3) is 5.52 Å². The maximum atomic E-state index is 13.1. The van der Waals surface area contributed by atoms with Crippen molar-refractivity contribution in [1.82, 2.24) is 24.8 Å². The number of alkyl halides is 6. The Labute approximate surface area is 243 Å². The standard InChI is InChI=1S/C25H24F6N8O3S/c1-12-9-19(36-35-12)33-21-20-16(38-10-17(41)18(11-38)42-22(24(26,27)28)25(29,30)31)7-8-39(20)37-23(34-21)43-15-5-3-14(4-6-15)32-13(2)40/h3-9,17-18,22,41H,10-11H2,1-2H3,(H,32,40)(H2,33,34,35,36,37). The number of halogens is 6. The molecular formula is C25H24F6N8O3S. The zero-order valence-electron chi connectivity index (χ0n) is 22.4. The highest BCUT2D eigenvalue weighted by molar-refractivity contribution is 7.99. The van der Waals surface area contributed by atoms with Crippen molar-refractivity contribution >= 4 is 46.2 Å². The van der Waals surface area contributed by atoms with Gasteiger partial charge in [0.1, 0.15) is 11.6 Å². The molecule has 0 bridgehead atoms. The van der Waals surface area contributed by atoms with Crippen LogP contribution in [0, 0.1) is 6.92 Å². The van der Waals surface area contributed by atoms with Crippen molar-refractivity contribution in [3.05, 3.63) is 48.3 Å². The summed E-state index contributed by atoms with van der Waals surface area (Å²) in [7, 11) is 0. The number of fused-ring (bicyclic) bond motifs is 1. The molecule has 0 spiro atoms. The van der Waals surface area contributed by atoms with Gasteiger partial charge in [0.25, 0.3) is 0 Å². The van der Waals surface area contributed by atoms with Crippen molar-refractivity contribution in [2.75, 3.05) is 28.6 Å². The van der Waals surface area contributed by atoms with Gasteiger partial charge in [0, 0.05) is 48.6 Å². The number of hydrogen-bond donors (Lipinski definition) is 4. The Morgan fingerprint density at radius 2 is 1.84 bits per heavy atom. The van der Waals surface area contributed by atoms with Crippen molar-refractivity contribution in [3.8, 4) is 0 Å². The molecule has 1 aliphatic heterocycles. The molecule has 43 heavy (non-hydrogen) atoms. The molecule has 230 valence electrons. The quantitative estimate of drug-likeness (QED) is 0.205. The molecule has 1 fully saturated rings. The number of nitrogens with one attached hydrogen (secondary N) is 3. The molecule has 18 heteroatoms. The number of carbonyl (C=O) groups excluding carboxylic acids is 1. The maximum absolute atomic E-state index is 13.1. The van der Waals surface area contributed by atoms with E-state index in [1.165, 1.54) is 28.1 Å². The van der Waals surface area contributed by atoms with Crippen LogP contribution in [0.1, 0.15) is 12.6 Å². The number of aliphatic hydroxyl groups is 1. The summed E-state index contributed by atoms with van der Waals surface area (Å²) in [6.45, 7) is 2.42. The fraction of sp³-hybridized carbons (Fsp3) is 0.360. The summed E-state index contributed by atoms with van der Waals surface area (Å²) in [6, 6.07) is 10.2. The van der Waals surface area contributed by atoms with Gasteiger partial charge in [-0.05, 0) is 49.0 Å². The molecule has 1 aromatic carbocycles. The molecule has 5 rings (SSSR count). The van der Waals surface area contributed by atoms with Gasteiger partial charge in [-0.1, -0.05) is 0 Å². The number of amides is 1. The number of aliphatic hydroxyl groups excluding tert-OH is 1. The molecule has 1 saturated heterocycles. The van der Waals surface area contributed by atoms with Crippen LogP contribution in [0.3, 0.4) is 0 Å². The molecule has 1 amide bonds. The number of anilines is 4. The lowest BCUT2D eigenvalue weighted by molar-refractivity contribution is -0.332. The number of aromatic nitrogens is 5. The zero-order chi connectivity index (χ0) is 31.1. The SMILES string of the molecule is CC(=O)Nc1ccc(Sc2nc(Nc3cc(C)[nH]n3)c3c(N4CC(O)C(OC(C(F)(F)F)C(F)(F)F)C4)ccn3n2)cc1. The van der Waals surface area contributed by atoms with E-state index in [0.717, 1.165) is 10.6 Å². The van der Waals surface area contributed by atoms with Gasteiger partial charge in [-0.25, -0.2) is 9.50 Å². The number of aryl methyl sites for hydroxylation is 1. The molecular weight excluding hydrogens is 606 g/mol. The van der Waals surface area contributed by atoms with E-state index >= 15 is 0 Å². The predicted octanol–water partition coefficient (Wildman–Crippen LogP) is 4.67. The minimum absolute atomic E-state index is 0.217. The Morgan fingerprint density at radius 3 is 2.44 bits per heavy atom. The number of rotatable bonds is 8. The average molecular weight is 631 g/mol. The van der Waals surface area contributed by atoms with Gasteiger partial charge in [-0.2, -0.15) is 31.4 Å². The number of hydrogen-bond acceptors (Lipinski definition) is 9. The van der Waals surface area contributed by atoms with E-state index in [-0.39, 0.29) is 23.4 Å². The Hall–Kier alpha value is -4.03. The fourth-order valence-corrected chi connectivity index (χ4v) is 5.24. The Kier molecular flexibility index (Phi) is 8.19. The number of benzene rings is 1. The summed E-state index contributed by atoms with van der Waals surface area (Å²) in [5, 5.41) is 27.9. The Morgan fingerprint density at radius 1 is 1.14 bits per heavy atom. The van der Waals surface area contributed by atoms with Crippen LogP contribution in [-0.2, 0) is 9.53 Å². The first-order valence-electron chi connectivity index (χ1n) is 12.6. The van der Waals surface area contributed by atoms with Crippen molar-refractivity contribution in [2.24, 2.45) is 0 Å². The third-order valence-electron chi connectivity index (χ3n) is 6.29.